The van der Waals surface area contributed by atoms with Gasteiger partial charge in [-0.1, -0.05) is 31.9 Å². The van der Waals surface area contributed by atoms with Crippen molar-refractivity contribution in [2.45, 2.75) is 10.7 Å². The minimum Gasteiger partial charge on any atom is -0.379 e. The second-order valence-corrected chi connectivity index (χ2v) is 6.33. The fraction of sp³-hybridized carbons (Fsp3) is 1.00. The van der Waals surface area contributed by atoms with Gasteiger partial charge in [-0.05, 0) is 6.92 Å². The molecule has 0 saturated carbocycles. The Balaban J connectivity index is 2.88. The zero-order valence-corrected chi connectivity index (χ0v) is 12.8. The molecule has 0 saturated heterocycles. The molecule has 4 nitrogen and oxygen atoms in total. The summed E-state index contributed by atoms with van der Waals surface area (Å²) in [6.07, 6.45) is 0. The lowest BCUT2D eigenvalue weighted by molar-refractivity contribution is 0.000941. The summed E-state index contributed by atoms with van der Waals surface area (Å²) < 4.78 is 21.2. The summed E-state index contributed by atoms with van der Waals surface area (Å²) in [5.41, 5.74) is 0. The number of alkyl halides is 2. The van der Waals surface area contributed by atoms with Gasteiger partial charge in [0.25, 0.3) is 0 Å². The Morgan fingerprint density at radius 3 is 1.62 bits per heavy atom. The SMILES string of the molecule is CCOCCOCCOCCOCC(Br)Br. The maximum Gasteiger partial charge on any atom is 0.0930 e. The molecule has 0 bridgehead atoms. The minimum absolute atomic E-state index is 0.210. The van der Waals surface area contributed by atoms with Crippen molar-refractivity contribution in [1.82, 2.24) is 0 Å². The average Bonchev–Trinajstić information content (AvgIpc) is 2.25. The van der Waals surface area contributed by atoms with Crippen molar-refractivity contribution < 1.29 is 18.9 Å². The zero-order valence-electron chi connectivity index (χ0n) is 9.62. The maximum absolute atomic E-state index is 5.30. The fourth-order valence-electron chi connectivity index (χ4n) is 0.874. The first-order valence-electron chi connectivity index (χ1n) is 5.36. The van der Waals surface area contributed by atoms with Gasteiger partial charge in [0.15, 0.2) is 0 Å². The monoisotopic (exact) mass is 362 g/mol. The summed E-state index contributed by atoms with van der Waals surface area (Å²) in [7, 11) is 0. The smallest absolute Gasteiger partial charge is 0.0930 e. The first-order chi connectivity index (χ1) is 7.77. The summed E-state index contributed by atoms with van der Waals surface area (Å²) in [4.78, 5) is 0. The molecule has 0 radical (unpaired) electrons. The summed E-state index contributed by atoms with van der Waals surface area (Å²) in [6.45, 7) is 7.02. The third kappa shape index (κ3) is 14.8. The van der Waals surface area contributed by atoms with Crippen molar-refractivity contribution in [3.05, 3.63) is 0 Å². The topological polar surface area (TPSA) is 36.9 Å². The van der Waals surface area contributed by atoms with E-state index in [-0.39, 0.29) is 3.74 Å². The van der Waals surface area contributed by atoms with Gasteiger partial charge in [0.05, 0.1) is 50.0 Å². The van der Waals surface area contributed by atoms with Gasteiger partial charge in [0, 0.05) is 6.61 Å². The van der Waals surface area contributed by atoms with E-state index in [2.05, 4.69) is 31.9 Å². The molecular formula is C10H20Br2O4. The molecule has 0 aliphatic heterocycles. The lowest BCUT2D eigenvalue weighted by Crippen LogP contribution is -2.12. The Bertz CT molecular complexity index is 136. The second kappa shape index (κ2) is 13.9. The lowest BCUT2D eigenvalue weighted by Gasteiger charge is -2.07. The normalized spacial score (nSPS) is 11.2. The van der Waals surface area contributed by atoms with E-state index in [9.17, 15) is 0 Å². The predicted octanol–water partition coefficient (Wildman–Crippen LogP) is 2.19. The number of hydrogen-bond donors (Lipinski definition) is 0. The van der Waals surface area contributed by atoms with Crippen LogP contribution >= 0.6 is 31.9 Å². The maximum atomic E-state index is 5.30. The van der Waals surface area contributed by atoms with Crippen LogP contribution in [0, 0.1) is 0 Å². The predicted molar refractivity (Wildman–Crippen MR) is 70.6 cm³/mol. The number of halogens is 2. The summed E-state index contributed by atoms with van der Waals surface area (Å²) >= 11 is 6.63. The minimum atomic E-state index is 0.210. The molecule has 0 atom stereocenters. The van der Waals surface area contributed by atoms with Crippen LogP contribution in [0.25, 0.3) is 0 Å². The number of hydrogen-bond acceptors (Lipinski definition) is 4. The molecule has 0 amide bonds. The molecule has 0 aliphatic carbocycles. The molecular weight excluding hydrogens is 344 g/mol. The Morgan fingerprint density at radius 2 is 1.19 bits per heavy atom. The van der Waals surface area contributed by atoms with E-state index >= 15 is 0 Å². The van der Waals surface area contributed by atoms with Crippen LogP contribution in [0.5, 0.6) is 0 Å². The molecule has 0 fully saturated rings. The van der Waals surface area contributed by atoms with Crippen LogP contribution in [-0.4, -0.2) is 56.6 Å². The standard InChI is InChI=1S/C10H20Br2O4/c1-2-13-3-4-14-5-6-15-7-8-16-9-10(11)12/h10H,2-9H2,1H3. The highest BCUT2D eigenvalue weighted by Gasteiger charge is 1.96. The number of ether oxygens (including phenoxy) is 4. The van der Waals surface area contributed by atoms with E-state index in [1.165, 1.54) is 0 Å². The molecule has 0 rings (SSSR count). The van der Waals surface area contributed by atoms with Crippen LogP contribution in [0.4, 0.5) is 0 Å². The molecule has 0 heterocycles. The third-order valence-corrected chi connectivity index (χ3v) is 2.09. The van der Waals surface area contributed by atoms with E-state index in [0.717, 1.165) is 6.61 Å². The molecule has 0 aromatic carbocycles. The van der Waals surface area contributed by atoms with Gasteiger partial charge in [-0.3, -0.25) is 0 Å². The second-order valence-electron chi connectivity index (χ2n) is 2.89. The lowest BCUT2D eigenvalue weighted by atomic mass is 10.7. The summed E-state index contributed by atoms with van der Waals surface area (Å²) in [5, 5.41) is 0. The molecule has 0 aromatic heterocycles. The van der Waals surface area contributed by atoms with Crippen molar-refractivity contribution in [1.29, 1.82) is 0 Å². The van der Waals surface area contributed by atoms with E-state index in [1.807, 2.05) is 6.92 Å². The van der Waals surface area contributed by atoms with Gasteiger partial charge in [0.2, 0.25) is 0 Å². The summed E-state index contributed by atoms with van der Waals surface area (Å²) in [5.74, 6) is 0. The third-order valence-electron chi connectivity index (χ3n) is 1.56. The molecule has 0 spiro atoms. The van der Waals surface area contributed by atoms with E-state index in [0.29, 0.717) is 46.2 Å². The Hall–Kier alpha value is 0.800. The van der Waals surface area contributed by atoms with Crippen LogP contribution in [-0.2, 0) is 18.9 Å². The van der Waals surface area contributed by atoms with Crippen LogP contribution in [0.1, 0.15) is 6.92 Å². The Kier molecular flexibility index (Phi) is 14.6. The van der Waals surface area contributed by atoms with E-state index < -0.39 is 0 Å². The summed E-state index contributed by atoms with van der Waals surface area (Å²) in [6, 6.07) is 0. The van der Waals surface area contributed by atoms with Crippen molar-refractivity contribution >= 4 is 31.9 Å². The zero-order chi connectivity index (χ0) is 12.1. The number of rotatable bonds is 12. The van der Waals surface area contributed by atoms with Gasteiger partial charge in [0.1, 0.15) is 0 Å². The average molecular weight is 364 g/mol. The molecule has 0 aromatic rings. The van der Waals surface area contributed by atoms with Crippen molar-refractivity contribution in [2.24, 2.45) is 0 Å². The highest BCUT2D eigenvalue weighted by atomic mass is 79.9. The molecule has 0 unspecified atom stereocenters. The first kappa shape index (κ1) is 16.8. The first-order valence-corrected chi connectivity index (χ1v) is 7.19. The Morgan fingerprint density at radius 1 is 0.750 bits per heavy atom. The van der Waals surface area contributed by atoms with E-state index in [4.69, 9.17) is 18.9 Å². The van der Waals surface area contributed by atoms with Gasteiger partial charge in [-0.15, -0.1) is 0 Å². The highest BCUT2D eigenvalue weighted by molar-refractivity contribution is 9.24. The van der Waals surface area contributed by atoms with Gasteiger partial charge in [-0.25, -0.2) is 0 Å². The van der Waals surface area contributed by atoms with E-state index in [1.54, 1.807) is 0 Å². The molecule has 0 aliphatic rings. The van der Waals surface area contributed by atoms with Crippen LogP contribution < -0.4 is 0 Å². The fourth-order valence-corrected chi connectivity index (χ4v) is 1.25. The molecule has 16 heavy (non-hydrogen) atoms. The van der Waals surface area contributed by atoms with Gasteiger partial charge >= 0.3 is 0 Å². The van der Waals surface area contributed by atoms with Crippen LogP contribution in [0.15, 0.2) is 0 Å². The van der Waals surface area contributed by atoms with Crippen molar-refractivity contribution in [2.75, 3.05) is 52.9 Å². The van der Waals surface area contributed by atoms with Crippen molar-refractivity contribution in [3.63, 3.8) is 0 Å². The molecule has 0 N–H and O–H groups in total. The van der Waals surface area contributed by atoms with Crippen molar-refractivity contribution in [3.8, 4) is 0 Å². The molecule has 6 heteroatoms. The largest absolute Gasteiger partial charge is 0.379 e. The van der Waals surface area contributed by atoms with Gasteiger partial charge in [-0.2, -0.15) is 0 Å². The van der Waals surface area contributed by atoms with Crippen LogP contribution in [0.2, 0.25) is 0 Å². The Labute approximate surface area is 114 Å². The molecule has 98 valence electrons. The van der Waals surface area contributed by atoms with Gasteiger partial charge < -0.3 is 18.9 Å². The quantitative estimate of drug-likeness (QED) is 0.393. The highest BCUT2D eigenvalue weighted by Crippen LogP contribution is 2.07. The van der Waals surface area contributed by atoms with Crippen LogP contribution in [0.3, 0.4) is 0 Å².